The molecule has 0 saturated carbocycles. The van der Waals surface area contributed by atoms with Crippen molar-refractivity contribution >= 4 is 23.1 Å². The number of aryl methyl sites for hydroxylation is 1. The number of rotatable bonds is 5. The van der Waals surface area contributed by atoms with Gasteiger partial charge in [0.05, 0.1) is 11.4 Å². The molecule has 0 unspecified atom stereocenters. The van der Waals surface area contributed by atoms with E-state index in [2.05, 4.69) is 25.3 Å². The number of amides is 1. The number of nitrogens with zero attached hydrogens (tertiary/aromatic N) is 5. The fraction of sp³-hybridized carbons (Fsp3) is 0.368. The molecule has 0 aliphatic carbocycles. The van der Waals surface area contributed by atoms with Gasteiger partial charge in [-0.25, -0.2) is 9.97 Å². The molecule has 4 rings (SSSR count). The van der Waals surface area contributed by atoms with Gasteiger partial charge < -0.3 is 10.2 Å². The number of nitrogens with one attached hydrogen (secondary N) is 1. The highest BCUT2D eigenvalue weighted by Gasteiger charge is 2.16. The van der Waals surface area contributed by atoms with E-state index in [1.165, 1.54) is 19.3 Å². The highest BCUT2D eigenvalue weighted by molar-refractivity contribution is 7.13. The second-order valence-electron chi connectivity index (χ2n) is 6.58. The lowest BCUT2D eigenvalue weighted by molar-refractivity contribution is 0.0940. The monoisotopic (exact) mass is 382 g/mol. The summed E-state index contributed by atoms with van der Waals surface area (Å²) in [5, 5.41) is 9.33. The van der Waals surface area contributed by atoms with Crippen LogP contribution >= 0.6 is 11.3 Å². The van der Waals surface area contributed by atoms with Crippen LogP contribution in [-0.2, 0) is 13.6 Å². The van der Waals surface area contributed by atoms with Gasteiger partial charge in [-0.2, -0.15) is 5.10 Å². The van der Waals surface area contributed by atoms with Gasteiger partial charge in [0.25, 0.3) is 5.91 Å². The predicted molar refractivity (Wildman–Crippen MR) is 106 cm³/mol. The number of hydrogen-bond donors (Lipinski definition) is 1. The zero-order valence-electron chi connectivity index (χ0n) is 15.3. The van der Waals surface area contributed by atoms with Crippen LogP contribution in [0.1, 0.15) is 35.6 Å². The quantitative estimate of drug-likeness (QED) is 0.734. The molecule has 140 valence electrons. The van der Waals surface area contributed by atoms with Crippen molar-refractivity contribution in [1.29, 1.82) is 0 Å². The zero-order chi connectivity index (χ0) is 18.6. The Labute approximate surface area is 162 Å². The Morgan fingerprint density at radius 2 is 2.11 bits per heavy atom. The standard InChI is InChI=1S/C19H22N6OS/c1-24-15(12-14(23-24)16-6-5-11-27-16)19(26)21-13-17-20-8-7-18(22-17)25-9-3-2-4-10-25/h5-8,11-12H,2-4,9-10,13H2,1H3,(H,21,26). The van der Waals surface area contributed by atoms with E-state index in [0.29, 0.717) is 18.1 Å². The molecule has 3 aromatic rings. The van der Waals surface area contributed by atoms with Gasteiger partial charge in [0.1, 0.15) is 23.0 Å². The average Bonchev–Trinajstić information content (AvgIpc) is 3.37. The van der Waals surface area contributed by atoms with Gasteiger partial charge in [-0.1, -0.05) is 6.07 Å². The van der Waals surface area contributed by atoms with Crippen LogP contribution in [0.25, 0.3) is 10.6 Å². The summed E-state index contributed by atoms with van der Waals surface area (Å²) >= 11 is 1.60. The highest BCUT2D eigenvalue weighted by atomic mass is 32.1. The lowest BCUT2D eigenvalue weighted by Crippen LogP contribution is -2.31. The summed E-state index contributed by atoms with van der Waals surface area (Å²) in [5.41, 5.74) is 1.33. The van der Waals surface area contributed by atoms with E-state index >= 15 is 0 Å². The molecule has 0 spiro atoms. The minimum absolute atomic E-state index is 0.181. The van der Waals surface area contributed by atoms with Crippen molar-refractivity contribution < 1.29 is 4.79 Å². The van der Waals surface area contributed by atoms with Gasteiger partial charge in [0, 0.05) is 26.3 Å². The molecule has 3 aromatic heterocycles. The molecule has 0 bridgehead atoms. The second kappa shape index (κ2) is 7.87. The molecule has 1 fully saturated rings. The second-order valence-corrected chi connectivity index (χ2v) is 7.52. The number of anilines is 1. The summed E-state index contributed by atoms with van der Waals surface area (Å²) in [7, 11) is 1.78. The molecule has 1 N–H and O–H groups in total. The number of thiophene rings is 1. The number of carbonyl (C=O) groups excluding carboxylic acids is 1. The highest BCUT2D eigenvalue weighted by Crippen LogP contribution is 2.23. The van der Waals surface area contributed by atoms with E-state index < -0.39 is 0 Å². The Morgan fingerprint density at radius 3 is 2.89 bits per heavy atom. The number of piperidine rings is 1. The van der Waals surface area contributed by atoms with Gasteiger partial charge in [0.15, 0.2) is 0 Å². The lowest BCUT2D eigenvalue weighted by atomic mass is 10.1. The van der Waals surface area contributed by atoms with Crippen LogP contribution in [0, 0.1) is 0 Å². The third-order valence-electron chi connectivity index (χ3n) is 4.66. The van der Waals surface area contributed by atoms with Crippen molar-refractivity contribution in [1.82, 2.24) is 25.1 Å². The predicted octanol–water partition coefficient (Wildman–Crippen LogP) is 2.86. The van der Waals surface area contributed by atoms with E-state index in [9.17, 15) is 4.79 Å². The molecule has 27 heavy (non-hydrogen) atoms. The normalized spacial score (nSPS) is 14.3. The molecular weight excluding hydrogens is 360 g/mol. The summed E-state index contributed by atoms with van der Waals surface area (Å²) in [5.74, 6) is 1.38. The van der Waals surface area contributed by atoms with Crippen LogP contribution in [0.3, 0.4) is 0 Å². The zero-order valence-corrected chi connectivity index (χ0v) is 16.1. The molecule has 4 heterocycles. The molecular formula is C19H22N6OS. The molecule has 1 saturated heterocycles. The molecule has 1 amide bonds. The first kappa shape index (κ1) is 17.7. The fourth-order valence-corrected chi connectivity index (χ4v) is 3.93. The van der Waals surface area contributed by atoms with Gasteiger partial charge >= 0.3 is 0 Å². The van der Waals surface area contributed by atoms with Crippen LogP contribution < -0.4 is 10.2 Å². The van der Waals surface area contributed by atoms with Crippen molar-refractivity contribution in [3.8, 4) is 10.6 Å². The minimum Gasteiger partial charge on any atom is -0.357 e. The number of carbonyl (C=O) groups is 1. The van der Waals surface area contributed by atoms with Crippen LogP contribution in [0.4, 0.5) is 5.82 Å². The third kappa shape index (κ3) is 4.00. The van der Waals surface area contributed by atoms with Gasteiger partial charge in [-0.15, -0.1) is 11.3 Å². The van der Waals surface area contributed by atoms with Gasteiger partial charge in [-0.05, 0) is 42.8 Å². The lowest BCUT2D eigenvalue weighted by Gasteiger charge is -2.27. The third-order valence-corrected chi connectivity index (χ3v) is 5.56. The summed E-state index contributed by atoms with van der Waals surface area (Å²) in [6.07, 6.45) is 5.44. The summed E-state index contributed by atoms with van der Waals surface area (Å²) < 4.78 is 1.61. The van der Waals surface area contributed by atoms with Gasteiger partial charge in [-0.3, -0.25) is 9.48 Å². The van der Waals surface area contributed by atoms with Crippen molar-refractivity contribution in [2.24, 2.45) is 7.05 Å². The van der Waals surface area contributed by atoms with Gasteiger partial charge in [0.2, 0.25) is 0 Å². The Hall–Kier alpha value is -2.74. The van der Waals surface area contributed by atoms with E-state index in [4.69, 9.17) is 0 Å². The SMILES string of the molecule is Cn1nc(-c2cccs2)cc1C(=O)NCc1nccc(N2CCCCC2)n1. The van der Waals surface area contributed by atoms with E-state index in [1.807, 2.05) is 29.6 Å². The van der Waals surface area contributed by atoms with Crippen LogP contribution in [0.15, 0.2) is 35.8 Å². The largest absolute Gasteiger partial charge is 0.357 e. The number of hydrogen-bond acceptors (Lipinski definition) is 6. The topological polar surface area (TPSA) is 75.9 Å². The average molecular weight is 382 g/mol. The van der Waals surface area contributed by atoms with Crippen molar-refractivity contribution in [2.75, 3.05) is 18.0 Å². The van der Waals surface area contributed by atoms with Crippen LogP contribution in [0.2, 0.25) is 0 Å². The van der Waals surface area contributed by atoms with Crippen molar-refractivity contribution in [3.63, 3.8) is 0 Å². The fourth-order valence-electron chi connectivity index (χ4n) is 3.25. The Morgan fingerprint density at radius 1 is 1.26 bits per heavy atom. The molecule has 0 aromatic carbocycles. The molecule has 1 aliphatic rings. The summed E-state index contributed by atoms with van der Waals surface area (Å²) in [6.45, 7) is 2.35. The first-order valence-electron chi connectivity index (χ1n) is 9.14. The molecule has 8 heteroatoms. The first-order valence-corrected chi connectivity index (χ1v) is 10.0. The Kier molecular flexibility index (Phi) is 5.15. The molecule has 0 atom stereocenters. The molecule has 7 nitrogen and oxygen atoms in total. The van der Waals surface area contributed by atoms with Crippen LogP contribution in [-0.4, -0.2) is 38.7 Å². The maximum atomic E-state index is 12.6. The van der Waals surface area contributed by atoms with E-state index in [0.717, 1.165) is 29.5 Å². The van der Waals surface area contributed by atoms with E-state index in [1.54, 1.807) is 29.3 Å². The maximum absolute atomic E-state index is 12.6. The smallest absolute Gasteiger partial charge is 0.269 e. The summed E-state index contributed by atoms with van der Waals surface area (Å²) in [6, 6.07) is 7.72. The maximum Gasteiger partial charge on any atom is 0.269 e. The molecule has 0 radical (unpaired) electrons. The summed E-state index contributed by atoms with van der Waals surface area (Å²) in [4.78, 5) is 24.8. The first-order chi connectivity index (χ1) is 13.2. The Balaban J connectivity index is 1.42. The Bertz CT molecular complexity index is 914. The van der Waals surface area contributed by atoms with E-state index in [-0.39, 0.29) is 5.91 Å². The minimum atomic E-state index is -0.181. The van der Waals surface area contributed by atoms with Crippen molar-refractivity contribution in [2.45, 2.75) is 25.8 Å². The van der Waals surface area contributed by atoms with Crippen LogP contribution in [0.5, 0.6) is 0 Å². The molecule has 1 aliphatic heterocycles. The number of aromatic nitrogens is 4. The van der Waals surface area contributed by atoms with Crippen molar-refractivity contribution in [3.05, 3.63) is 47.4 Å².